The molecular formula is C9H17BrO3. The topological polar surface area (TPSA) is 46.5 Å². The lowest BCUT2D eigenvalue weighted by Gasteiger charge is -2.09. The van der Waals surface area contributed by atoms with Gasteiger partial charge in [0.1, 0.15) is 0 Å². The third-order valence-electron chi connectivity index (χ3n) is 1.91. The van der Waals surface area contributed by atoms with Gasteiger partial charge in [-0.05, 0) is 12.8 Å². The van der Waals surface area contributed by atoms with E-state index in [0.717, 1.165) is 31.0 Å². The summed E-state index contributed by atoms with van der Waals surface area (Å²) in [6.07, 6.45) is 4.32. The van der Waals surface area contributed by atoms with E-state index in [0.29, 0.717) is 6.42 Å². The Morgan fingerprint density at radius 3 is 2.46 bits per heavy atom. The molecular weight excluding hydrogens is 236 g/mol. The fourth-order valence-corrected chi connectivity index (χ4v) is 1.52. The van der Waals surface area contributed by atoms with Crippen LogP contribution in [0.3, 0.4) is 0 Å². The van der Waals surface area contributed by atoms with Gasteiger partial charge < -0.3 is 9.84 Å². The summed E-state index contributed by atoms with van der Waals surface area (Å²) in [7, 11) is 1.44. The number of hydrogen-bond donors (Lipinski definition) is 1. The van der Waals surface area contributed by atoms with E-state index in [4.69, 9.17) is 9.84 Å². The zero-order chi connectivity index (χ0) is 10.1. The lowest BCUT2D eigenvalue weighted by atomic mass is 10.1. The van der Waals surface area contributed by atoms with Gasteiger partial charge in [-0.15, -0.1) is 0 Å². The first-order valence-electron chi connectivity index (χ1n) is 4.54. The SMILES string of the molecule is COC(CCCCCCBr)C(=O)O. The van der Waals surface area contributed by atoms with Gasteiger partial charge in [-0.3, -0.25) is 0 Å². The predicted molar refractivity (Wildman–Crippen MR) is 55.3 cm³/mol. The van der Waals surface area contributed by atoms with Crippen LogP contribution < -0.4 is 0 Å². The van der Waals surface area contributed by atoms with E-state index < -0.39 is 12.1 Å². The number of methoxy groups -OCH3 is 1. The van der Waals surface area contributed by atoms with Crippen LogP contribution in [0.4, 0.5) is 0 Å². The Hall–Kier alpha value is -0.0900. The van der Waals surface area contributed by atoms with Gasteiger partial charge in [0, 0.05) is 12.4 Å². The molecule has 0 radical (unpaired) electrons. The molecule has 0 rings (SSSR count). The van der Waals surface area contributed by atoms with E-state index in [-0.39, 0.29) is 0 Å². The molecule has 0 fully saturated rings. The third-order valence-corrected chi connectivity index (χ3v) is 2.47. The van der Waals surface area contributed by atoms with Gasteiger partial charge in [0.2, 0.25) is 0 Å². The minimum atomic E-state index is -0.858. The average molecular weight is 253 g/mol. The summed E-state index contributed by atoms with van der Waals surface area (Å²) < 4.78 is 4.81. The number of halogens is 1. The molecule has 0 aliphatic heterocycles. The Labute approximate surface area is 87.6 Å². The van der Waals surface area contributed by atoms with Gasteiger partial charge in [-0.25, -0.2) is 4.79 Å². The highest BCUT2D eigenvalue weighted by atomic mass is 79.9. The Morgan fingerprint density at radius 1 is 1.38 bits per heavy atom. The largest absolute Gasteiger partial charge is 0.479 e. The van der Waals surface area contributed by atoms with Crippen molar-refractivity contribution in [3.8, 4) is 0 Å². The van der Waals surface area contributed by atoms with Crippen molar-refractivity contribution in [2.75, 3.05) is 12.4 Å². The number of alkyl halides is 1. The summed E-state index contributed by atoms with van der Waals surface area (Å²) in [4.78, 5) is 10.5. The van der Waals surface area contributed by atoms with Crippen LogP contribution in [0, 0.1) is 0 Å². The van der Waals surface area contributed by atoms with Gasteiger partial charge in [0.25, 0.3) is 0 Å². The second-order valence-corrected chi connectivity index (χ2v) is 3.75. The van der Waals surface area contributed by atoms with E-state index in [1.54, 1.807) is 0 Å². The van der Waals surface area contributed by atoms with Gasteiger partial charge >= 0.3 is 5.97 Å². The summed E-state index contributed by atoms with van der Waals surface area (Å²) >= 11 is 3.35. The maximum Gasteiger partial charge on any atom is 0.332 e. The van der Waals surface area contributed by atoms with Crippen molar-refractivity contribution in [1.82, 2.24) is 0 Å². The van der Waals surface area contributed by atoms with E-state index in [1.807, 2.05) is 0 Å². The molecule has 0 aliphatic carbocycles. The maximum atomic E-state index is 10.5. The van der Waals surface area contributed by atoms with Crippen molar-refractivity contribution in [3.63, 3.8) is 0 Å². The number of carbonyl (C=O) groups is 1. The Kier molecular flexibility index (Phi) is 8.45. The van der Waals surface area contributed by atoms with Crippen LogP contribution in [-0.2, 0) is 9.53 Å². The summed E-state index contributed by atoms with van der Waals surface area (Å²) in [5, 5.41) is 9.67. The quantitative estimate of drug-likeness (QED) is 0.533. The summed E-state index contributed by atoms with van der Waals surface area (Å²) in [6.45, 7) is 0. The van der Waals surface area contributed by atoms with Gasteiger partial charge in [0.05, 0.1) is 0 Å². The van der Waals surface area contributed by atoms with Crippen LogP contribution in [0.15, 0.2) is 0 Å². The minimum Gasteiger partial charge on any atom is -0.479 e. The smallest absolute Gasteiger partial charge is 0.332 e. The highest BCUT2D eigenvalue weighted by molar-refractivity contribution is 9.09. The van der Waals surface area contributed by atoms with Gasteiger partial charge in [-0.1, -0.05) is 35.2 Å². The number of rotatable bonds is 8. The highest BCUT2D eigenvalue weighted by Gasteiger charge is 2.14. The zero-order valence-electron chi connectivity index (χ0n) is 7.96. The fourth-order valence-electron chi connectivity index (χ4n) is 1.12. The molecule has 3 nitrogen and oxygen atoms in total. The van der Waals surface area contributed by atoms with Gasteiger partial charge in [-0.2, -0.15) is 0 Å². The Morgan fingerprint density at radius 2 is 2.00 bits per heavy atom. The van der Waals surface area contributed by atoms with Crippen molar-refractivity contribution < 1.29 is 14.6 Å². The molecule has 0 amide bonds. The molecule has 0 saturated heterocycles. The molecule has 78 valence electrons. The number of carboxylic acids is 1. The monoisotopic (exact) mass is 252 g/mol. The fraction of sp³-hybridized carbons (Fsp3) is 0.889. The van der Waals surface area contributed by atoms with Crippen LogP contribution in [-0.4, -0.2) is 29.6 Å². The highest BCUT2D eigenvalue weighted by Crippen LogP contribution is 2.08. The van der Waals surface area contributed by atoms with Crippen molar-refractivity contribution in [3.05, 3.63) is 0 Å². The molecule has 0 aliphatic rings. The lowest BCUT2D eigenvalue weighted by Crippen LogP contribution is -2.21. The first-order chi connectivity index (χ1) is 6.22. The van der Waals surface area contributed by atoms with E-state index >= 15 is 0 Å². The molecule has 0 aromatic carbocycles. The first-order valence-corrected chi connectivity index (χ1v) is 5.66. The van der Waals surface area contributed by atoms with Gasteiger partial charge in [0.15, 0.2) is 6.10 Å². The van der Waals surface area contributed by atoms with E-state index in [2.05, 4.69) is 15.9 Å². The molecule has 1 N–H and O–H groups in total. The van der Waals surface area contributed by atoms with E-state index in [9.17, 15) is 4.79 Å². The van der Waals surface area contributed by atoms with E-state index in [1.165, 1.54) is 7.11 Å². The third kappa shape index (κ3) is 7.02. The molecule has 13 heavy (non-hydrogen) atoms. The van der Waals surface area contributed by atoms with Crippen molar-refractivity contribution >= 4 is 21.9 Å². The normalized spacial score (nSPS) is 12.8. The number of hydrogen-bond acceptors (Lipinski definition) is 2. The average Bonchev–Trinajstić information content (AvgIpc) is 2.10. The lowest BCUT2D eigenvalue weighted by molar-refractivity contribution is -0.148. The molecule has 0 heterocycles. The number of ether oxygens (including phenoxy) is 1. The Bertz CT molecular complexity index is 139. The molecule has 1 atom stereocenters. The Balaban J connectivity index is 3.33. The van der Waals surface area contributed by atoms with Crippen LogP contribution in [0.5, 0.6) is 0 Å². The van der Waals surface area contributed by atoms with Crippen molar-refractivity contribution in [1.29, 1.82) is 0 Å². The molecule has 0 bridgehead atoms. The second-order valence-electron chi connectivity index (χ2n) is 2.95. The standard InChI is InChI=1S/C9H17BrO3/c1-13-8(9(11)12)6-4-2-3-5-7-10/h8H,2-7H2,1H3,(H,11,12). The zero-order valence-corrected chi connectivity index (χ0v) is 9.55. The first kappa shape index (κ1) is 12.9. The molecule has 0 spiro atoms. The number of aliphatic carboxylic acids is 1. The maximum absolute atomic E-state index is 10.5. The summed E-state index contributed by atoms with van der Waals surface area (Å²) in [5.41, 5.74) is 0. The van der Waals surface area contributed by atoms with Crippen molar-refractivity contribution in [2.45, 2.75) is 38.2 Å². The summed E-state index contributed by atoms with van der Waals surface area (Å²) in [6, 6.07) is 0. The second kappa shape index (κ2) is 8.51. The molecule has 4 heteroatoms. The van der Waals surface area contributed by atoms with Crippen LogP contribution >= 0.6 is 15.9 Å². The van der Waals surface area contributed by atoms with Crippen LogP contribution in [0.2, 0.25) is 0 Å². The van der Waals surface area contributed by atoms with Crippen molar-refractivity contribution in [2.24, 2.45) is 0 Å². The molecule has 0 aromatic heterocycles. The van der Waals surface area contributed by atoms with Crippen LogP contribution in [0.25, 0.3) is 0 Å². The molecule has 0 aromatic rings. The van der Waals surface area contributed by atoms with Crippen LogP contribution in [0.1, 0.15) is 32.1 Å². The molecule has 0 saturated carbocycles. The number of unbranched alkanes of at least 4 members (excludes halogenated alkanes) is 3. The molecule has 1 unspecified atom stereocenters. The predicted octanol–water partition coefficient (Wildman–Crippen LogP) is 2.43. The number of carboxylic acid groups (broad SMARTS) is 1. The summed E-state index contributed by atoms with van der Waals surface area (Å²) in [5.74, 6) is -0.858. The minimum absolute atomic E-state index is 0.619.